The van der Waals surface area contributed by atoms with Gasteiger partial charge in [-0.15, -0.1) is 0 Å². The summed E-state index contributed by atoms with van der Waals surface area (Å²) in [6.45, 7) is 5.06. The molecule has 0 aromatic heterocycles. The quantitative estimate of drug-likeness (QED) is 0.414. The first-order chi connectivity index (χ1) is 13.5. The van der Waals surface area contributed by atoms with E-state index in [9.17, 15) is 15.3 Å². The van der Waals surface area contributed by atoms with Gasteiger partial charge in [-0.1, -0.05) is 32.0 Å². The first-order valence-corrected chi connectivity index (χ1v) is 10.0. The highest BCUT2D eigenvalue weighted by Gasteiger charge is 2.20. The molecule has 0 aliphatic carbocycles. The summed E-state index contributed by atoms with van der Waals surface area (Å²) in [4.78, 5) is 0. The van der Waals surface area contributed by atoms with Gasteiger partial charge in [0.2, 0.25) is 0 Å². The zero-order valence-corrected chi connectivity index (χ0v) is 16.9. The highest BCUT2D eigenvalue weighted by Crippen LogP contribution is 2.22. The van der Waals surface area contributed by atoms with Crippen molar-refractivity contribution >= 4 is 5.69 Å². The Morgan fingerprint density at radius 2 is 1.71 bits per heavy atom. The fourth-order valence-corrected chi connectivity index (χ4v) is 3.19. The number of aliphatic hydroxyl groups excluding tert-OH is 2. The number of rotatable bonds is 12. The van der Waals surface area contributed by atoms with Crippen LogP contribution in [0.2, 0.25) is 0 Å². The van der Waals surface area contributed by atoms with E-state index in [-0.39, 0.29) is 13.2 Å². The summed E-state index contributed by atoms with van der Waals surface area (Å²) in [5, 5.41) is 32.4. The third kappa shape index (κ3) is 6.51. The zero-order valence-electron chi connectivity index (χ0n) is 16.9. The van der Waals surface area contributed by atoms with Crippen LogP contribution in [0.3, 0.4) is 0 Å². The lowest BCUT2D eigenvalue weighted by atomic mass is 9.92. The Labute approximate surface area is 168 Å². The van der Waals surface area contributed by atoms with Crippen LogP contribution in [-0.2, 0) is 19.8 Å². The van der Waals surface area contributed by atoms with Gasteiger partial charge in [0.25, 0.3) is 0 Å². The Kier molecular flexibility index (Phi) is 8.77. The molecule has 0 heterocycles. The molecule has 0 fully saturated rings. The van der Waals surface area contributed by atoms with Crippen LogP contribution in [0.15, 0.2) is 42.5 Å². The van der Waals surface area contributed by atoms with Gasteiger partial charge in [-0.05, 0) is 60.6 Å². The molecule has 0 saturated carbocycles. The summed E-state index contributed by atoms with van der Waals surface area (Å²) in [7, 11) is 0. The standard InChI is InChI=1S/C23H33NO4/c1-3-23(27,4-2)11-6-12-24-21-7-5-8-22(14-21)28-17-18-9-10-19(15-25)20(13-18)16-26/h5,7-10,13-14,24-27H,3-4,6,11-12,15-17H2,1-2H3. The molecule has 0 radical (unpaired) electrons. The number of anilines is 1. The number of hydrogen-bond donors (Lipinski definition) is 4. The maximum Gasteiger partial charge on any atom is 0.121 e. The van der Waals surface area contributed by atoms with Crippen molar-refractivity contribution in [2.24, 2.45) is 0 Å². The predicted octanol–water partition coefficient (Wildman–Crippen LogP) is 3.99. The van der Waals surface area contributed by atoms with Crippen molar-refractivity contribution in [3.8, 4) is 5.75 Å². The largest absolute Gasteiger partial charge is 0.489 e. The van der Waals surface area contributed by atoms with Crippen molar-refractivity contribution < 1.29 is 20.1 Å². The Hall–Kier alpha value is -2.08. The third-order valence-electron chi connectivity index (χ3n) is 5.32. The van der Waals surface area contributed by atoms with Gasteiger partial charge in [0.15, 0.2) is 0 Å². The van der Waals surface area contributed by atoms with Crippen LogP contribution < -0.4 is 10.1 Å². The monoisotopic (exact) mass is 387 g/mol. The van der Waals surface area contributed by atoms with Gasteiger partial charge in [0, 0.05) is 18.3 Å². The van der Waals surface area contributed by atoms with Crippen LogP contribution >= 0.6 is 0 Å². The summed E-state index contributed by atoms with van der Waals surface area (Å²) in [5.74, 6) is 0.764. The second-order valence-electron chi connectivity index (χ2n) is 7.20. The Morgan fingerprint density at radius 3 is 2.39 bits per heavy atom. The van der Waals surface area contributed by atoms with Crippen LogP contribution in [0.25, 0.3) is 0 Å². The molecule has 0 spiro atoms. The highest BCUT2D eigenvalue weighted by atomic mass is 16.5. The molecular formula is C23H33NO4. The second-order valence-corrected chi connectivity index (χ2v) is 7.20. The van der Waals surface area contributed by atoms with Gasteiger partial charge in [0.1, 0.15) is 12.4 Å². The average Bonchev–Trinajstić information content (AvgIpc) is 2.75. The molecule has 0 aliphatic rings. The summed E-state index contributed by atoms with van der Waals surface area (Å²) >= 11 is 0. The van der Waals surface area contributed by atoms with Crippen LogP contribution in [0.4, 0.5) is 5.69 Å². The summed E-state index contributed by atoms with van der Waals surface area (Å²) in [6, 6.07) is 13.4. The van der Waals surface area contributed by atoms with Crippen molar-refractivity contribution in [2.45, 2.75) is 65.0 Å². The van der Waals surface area contributed by atoms with E-state index in [1.807, 2.05) is 56.3 Å². The third-order valence-corrected chi connectivity index (χ3v) is 5.32. The lowest BCUT2D eigenvalue weighted by Crippen LogP contribution is -2.27. The van der Waals surface area contributed by atoms with Crippen LogP contribution in [-0.4, -0.2) is 27.5 Å². The van der Waals surface area contributed by atoms with Gasteiger partial charge in [-0.2, -0.15) is 0 Å². The van der Waals surface area contributed by atoms with Crippen molar-refractivity contribution in [3.63, 3.8) is 0 Å². The van der Waals surface area contributed by atoms with E-state index in [1.54, 1.807) is 0 Å². The second kappa shape index (κ2) is 11.1. The topological polar surface area (TPSA) is 82.0 Å². The van der Waals surface area contributed by atoms with E-state index in [0.29, 0.717) is 6.61 Å². The van der Waals surface area contributed by atoms with Crippen molar-refractivity contribution in [2.75, 3.05) is 11.9 Å². The molecule has 0 unspecified atom stereocenters. The van der Waals surface area contributed by atoms with Gasteiger partial charge in [-0.25, -0.2) is 0 Å². The van der Waals surface area contributed by atoms with Gasteiger partial charge in [-0.3, -0.25) is 0 Å². The fourth-order valence-electron chi connectivity index (χ4n) is 3.19. The molecule has 2 rings (SSSR count). The first kappa shape index (κ1) is 22.2. The normalized spacial score (nSPS) is 11.5. The first-order valence-electron chi connectivity index (χ1n) is 10.0. The van der Waals surface area contributed by atoms with Crippen LogP contribution in [0.1, 0.15) is 56.2 Å². The van der Waals surface area contributed by atoms with Gasteiger partial charge >= 0.3 is 0 Å². The van der Waals surface area contributed by atoms with Crippen molar-refractivity contribution in [3.05, 3.63) is 59.2 Å². The molecule has 4 N–H and O–H groups in total. The Bertz CT molecular complexity index is 728. The number of ether oxygens (including phenoxy) is 1. The fraction of sp³-hybridized carbons (Fsp3) is 0.478. The molecule has 5 nitrogen and oxygen atoms in total. The Balaban J connectivity index is 1.86. The molecule has 0 bridgehead atoms. The van der Waals surface area contributed by atoms with Crippen LogP contribution in [0, 0.1) is 0 Å². The number of aliphatic hydroxyl groups is 3. The van der Waals surface area contributed by atoms with E-state index in [2.05, 4.69) is 5.32 Å². The number of benzene rings is 2. The molecule has 28 heavy (non-hydrogen) atoms. The van der Waals surface area contributed by atoms with Gasteiger partial charge < -0.3 is 25.4 Å². The molecule has 5 heteroatoms. The van der Waals surface area contributed by atoms with Crippen molar-refractivity contribution in [1.29, 1.82) is 0 Å². The summed E-state index contributed by atoms with van der Waals surface area (Å²) in [6.07, 6.45) is 3.26. The number of hydrogen-bond acceptors (Lipinski definition) is 5. The molecule has 2 aromatic rings. The molecule has 2 aromatic carbocycles. The predicted molar refractivity (Wildman–Crippen MR) is 112 cm³/mol. The Morgan fingerprint density at radius 1 is 0.964 bits per heavy atom. The SMILES string of the molecule is CCC(O)(CC)CCCNc1cccc(OCc2ccc(CO)c(CO)c2)c1. The average molecular weight is 388 g/mol. The zero-order chi connectivity index (χ0) is 20.4. The molecule has 0 aliphatic heterocycles. The summed E-state index contributed by atoms with van der Waals surface area (Å²) in [5.41, 5.74) is 2.83. The maximum absolute atomic E-state index is 10.3. The van der Waals surface area contributed by atoms with E-state index < -0.39 is 5.60 Å². The minimum absolute atomic E-state index is 0.0847. The maximum atomic E-state index is 10.3. The van der Waals surface area contributed by atoms with E-state index in [0.717, 1.165) is 60.4 Å². The van der Waals surface area contributed by atoms with E-state index in [1.165, 1.54) is 0 Å². The van der Waals surface area contributed by atoms with E-state index >= 15 is 0 Å². The molecule has 154 valence electrons. The van der Waals surface area contributed by atoms with Crippen LogP contribution in [0.5, 0.6) is 5.75 Å². The number of nitrogens with one attached hydrogen (secondary N) is 1. The smallest absolute Gasteiger partial charge is 0.121 e. The molecule has 0 saturated heterocycles. The van der Waals surface area contributed by atoms with Gasteiger partial charge in [0.05, 0.1) is 18.8 Å². The lowest BCUT2D eigenvalue weighted by Gasteiger charge is -2.25. The lowest BCUT2D eigenvalue weighted by molar-refractivity contribution is 0.0226. The molecular weight excluding hydrogens is 354 g/mol. The minimum atomic E-state index is -0.550. The van der Waals surface area contributed by atoms with Crippen molar-refractivity contribution in [1.82, 2.24) is 0 Å². The summed E-state index contributed by atoms with van der Waals surface area (Å²) < 4.78 is 5.88. The molecule has 0 amide bonds. The highest BCUT2D eigenvalue weighted by molar-refractivity contribution is 5.48. The van der Waals surface area contributed by atoms with E-state index in [4.69, 9.17) is 4.74 Å². The molecule has 0 atom stereocenters. The minimum Gasteiger partial charge on any atom is -0.489 e.